The summed E-state index contributed by atoms with van der Waals surface area (Å²) in [4.78, 5) is 11.7. The van der Waals surface area contributed by atoms with E-state index in [1.54, 1.807) is 6.92 Å². The molecule has 1 aromatic carbocycles. The molecule has 5 nitrogen and oxygen atoms in total. The average Bonchev–Trinajstić information content (AvgIpc) is 2.29. The highest BCUT2D eigenvalue weighted by atomic mass is 35.7. The van der Waals surface area contributed by atoms with Crippen LogP contribution >= 0.6 is 22.3 Å². The van der Waals surface area contributed by atoms with Crippen LogP contribution in [0.1, 0.15) is 26.3 Å². The molecule has 1 amide bonds. The average molecular weight is 354 g/mol. The normalized spacial score (nSPS) is 12.3. The van der Waals surface area contributed by atoms with Gasteiger partial charge >= 0.3 is 0 Å². The van der Waals surface area contributed by atoms with Crippen LogP contribution in [0.5, 0.6) is 0 Å². The Morgan fingerprint density at radius 2 is 1.90 bits per heavy atom. The number of nitrogens with one attached hydrogen (secondary N) is 1. The fourth-order valence-electron chi connectivity index (χ4n) is 1.47. The molecule has 0 atom stereocenters. The quantitative estimate of drug-likeness (QED) is 0.842. The van der Waals surface area contributed by atoms with Crippen LogP contribution in [0.3, 0.4) is 0 Å². The fourth-order valence-corrected chi connectivity index (χ4v) is 2.69. The Hall–Kier alpha value is -0.820. The zero-order chi connectivity index (χ0) is 16.4. The smallest absolute Gasteiger partial charge is 0.261 e. The van der Waals surface area contributed by atoms with Gasteiger partial charge in [0.1, 0.15) is 6.61 Å². The lowest BCUT2D eigenvalue weighted by Gasteiger charge is -2.19. The molecule has 0 spiro atoms. The Labute approximate surface area is 134 Å². The highest BCUT2D eigenvalue weighted by Crippen LogP contribution is 2.30. The van der Waals surface area contributed by atoms with Crippen LogP contribution in [0.25, 0.3) is 0 Å². The summed E-state index contributed by atoms with van der Waals surface area (Å²) >= 11 is 6.00. The van der Waals surface area contributed by atoms with Crippen molar-refractivity contribution < 1.29 is 17.9 Å². The van der Waals surface area contributed by atoms with Gasteiger partial charge in [0.2, 0.25) is 5.91 Å². The minimum atomic E-state index is -3.87. The summed E-state index contributed by atoms with van der Waals surface area (Å²) in [6, 6.07) is 2.53. The second kappa shape index (κ2) is 6.52. The maximum absolute atomic E-state index is 11.8. The highest BCUT2D eigenvalue weighted by molar-refractivity contribution is 8.13. The van der Waals surface area contributed by atoms with Gasteiger partial charge in [-0.3, -0.25) is 4.79 Å². The first kappa shape index (κ1) is 18.2. The van der Waals surface area contributed by atoms with Crippen molar-refractivity contribution in [1.29, 1.82) is 0 Å². The number of rotatable bonds is 4. The SMILES string of the molecule is Cc1cc(S(=O)(=O)Cl)cc(Cl)c1NC(=O)COC(C)(C)C. The van der Waals surface area contributed by atoms with E-state index in [9.17, 15) is 13.2 Å². The van der Waals surface area contributed by atoms with Gasteiger partial charge in [0, 0.05) is 10.7 Å². The second-order valence-electron chi connectivity index (χ2n) is 5.48. The first-order valence-electron chi connectivity index (χ1n) is 6.09. The van der Waals surface area contributed by atoms with Crippen LogP contribution in [0.2, 0.25) is 5.02 Å². The number of amides is 1. The van der Waals surface area contributed by atoms with Gasteiger partial charge in [-0.15, -0.1) is 0 Å². The van der Waals surface area contributed by atoms with Crippen molar-refractivity contribution in [3.8, 4) is 0 Å². The van der Waals surface area contributed by atoms with Gasteiger partial charge in [-0.1, -0.05) is 11.6 Å². The topological polar surface area (TPSA) is 72.5 Å². The lowest BCUT2D eigenvalue weighted by Crippen LogP contribution is -2.27. The van der Waals surface area contributed by atoms with Crippen LogP contribution in [0, 0.1) is 6.92 Å². The van der Waals surface area contributed by atoms with Crippen LogP contribution in [0.4, 0.5) is 5.69 Å². The number of ether oxygens (including phenoxy) is 1. The number of carbonyl (C=O) groups is 1. The molecule has 0 saturated heterocycles. The van der Waals surface area contributed by atoms with Gasteiger partial charge in [0.25, 0.3) is 9.05 Å². The van der Waals surface area contributed by atoms with Gasteiger partial charge in [0.05, 0.1) is 21.2 Å². The van der Waals surface area contributed by atoms with E-state index in [0.717, 1.165) is 0 Å². The third kappa shape index (κ3) is 5.82. The van der Waals surface area contributed by atoms with E-state index in [0.29, 0.717) is 11.3 Å². The van der Waals surface area contributed by atoms with Crippen LogP contribution in [-0.4, -0.2) is 26.5 Å². The third-order valence-corrected chi connectivity index (χ3v) is 4.07. The van der Waals surface area contributed by atoms with Crippen molar-refractivity contribution in [3.05, 3.63) is 22.7 Å². The predicted molar refractivity (Wildman–Crippen MR) is 83.6 cm³/mol. The molecule has 1 rings (SSSR count). The van der Waals surface area contributed by atoms with Crippen molar-refractivity contribution in [2.75, 3.05) is 11.9 Å². The summed E-state index contributed by atoms with van der Waals surface area (Å²) < 4.78 is 27.9. The van der Waals surface area contributed by atoms with Gasteiger partial charge in [0.15, 0.2) is 0 Å². The standard InChI is InChI=1S/C13H17Cl2NO4S/c1-8-5-9(21(15,18)19)6-10(14)12(8)16-11(17)7-20-13(2,3)4/h5-6H,7H2,1-4H3,(H,16,17). The van der Waals surface area contributed by atoms with E-state index >= 15 is 0 Å². The first-order valence-corrected chi connectivity index (χ1v) is 8.77. The zero-order valence-corrected chi connectivity index (χ0v) is 14.5. The van der Waals surface area contributed by atoms with Crippen LogP contribution in [-0.2, 0) is 18.6 Å². The number of hydrogen-bond donors (Lipinski definition) is 1. The molecular weight excluding hydrogens is 337 g/mol. The molecule has 21 heavy (non-hydrogen) atoms. The van der Waals surface area contributed by atoms with Crippen molar-refractivity contribution in [1.82, 2.24) is 0 Å². The molecule has 0 fully saturated rings. The molecule has 0 saturated carbocycles. The Morgan fingerprint density at radius 3 is 2.33 bits per heavy atom. The molecule has 0 heterocycles. The van der Waals surface area contributed by atoms with Crippen molar-refractivity contribution in [3.63, 3.8) is 0 Å². The van der Waals surface area contributed by atoms with Gasteiger partial charge in [-0.25, -0.2) is 8.42 Å². The lowest BCUT2D eigenvalue weighted by atomic mass is 10.2. The van der Waals surface area contributed by atoms with Crippen LogP contribution < -0.4 is 5.32 Å². The van der Waals surface area contributed by atoms with E-state index in [4.69, 9.17) is 27.0 Å². The Kier molecular flexibility index (Phi) is 5.66. The van der Waals surface area contributed by atoms with E-state index in [1.165, 1.54) is 12.1 Å². The van der Waals surface area contributed by atoms with Crippen molar-refractivity contribution >= 4 is 42.9 Å². The second-order valence-corrected chi connectivity index (χ2v) is 8.46. The Morgan fingerprint density at radius 1 is 1.33 bits per heavy atom. The molecule has 0 aliphatic carbocycles. The summed E-state index contributed by atoms with van der Waals surface area (Å²) in [5, 5.41) is 2.69. The van der Waals surface area contributed by atoms with E-state index < -0.39 is 14.7 Å². The number of hydrogen-bond acceptors (Lipinski definition) is 4. The third-order valence-electron chi connectivity index (χ3n) is 2.44. The monoisotopic (exact) mass is 353 g/mol. The summed E-state index contributed by atoms with van der Waals surface area (Å²) in [5.41, 5.74) is 0.390. The molecule has 0 aromatic heterocycles. The lowest BCUT2D eigenvalue weighted by molar-refractivity contribution is -0.125. The molecule has 118 valence electrons. The van der Waals surface area contributed by atoms with Crippen molar-refractivity contribution in [2.24, 2.45) is 0 Å². The molecule has 0 aliphatic rings. The van der Waals surface area contributed by atoms with Crippen molar-refractivity contribution in [2.45, 2.75) is 38.2 Å². The summed E-state index contributed by atoms with van der Waals surface area (Å²) in [7, 11) is 1.39. The number of benzene rings is 1. The van der Waals surface area contributed by atoms with Gasteiger partial charge < -0.3 is 10.1 Å². The highest BCUT2D eigenvalue weighted by Gasteiger charge is 2.18. The zero-order valence-electron chi connectivity index (χ0n) is 12.2. The molecule has 8 heteroatoms. The number of anilines is 1. The predicted octanol–water partition coefficient (Wildman–Crippen LogP) is 3.33. The largest absolute Gasteiger partial charge is 0.366 e. The van der Waals surface area contributed by atoms with Crippen LogP contribution in [0.15, 0.2) is 17.0 Å². The fraction of sp³-hybridized carbons (Fsp3) is 0.462. The molecule has 0 aliphatic heterocycles. The molecule has 1 aromatic rings. The molecule has 0 bridgehead atoms. The summed E-state index contributed by atoms with van der Waals surface area (Å²) in [6.45, 7) is 6.99. The Balaban J connectivity index is 2.93. The minimum absolute atomic E-state index is 0.0957. The van der Waals surface area contributed by atoms with E-state index in [-0.39, 0.29) is 22.4 Å². The summed E-state index contributed by atoms with van der Waals surface area (Å²) in [5.74, 6) is -0.378. The van der Waals surface area contributed by atoms with E-state index in [2.05, 4.69) is 5.32 Å². The van der Waals surface area contributed by atoms with E-state index in [1.807, 2.05) is 20.8 Å². The number of halogens is 2. The molecule has 0 unspecified atom stereocenters. The minimum Gasteiger partial charge on any atom is -0.366 e. The molecule has 0 radical (unpaired) electrons. The summed E-state index contributed by atoms with van der Waals surface area (Å²) in [6.07, 6.45) is 0. The molecule has 1 N–H and O–H groups in total. The number of carbonyl (C=O) groups excluding carboxylic acids is 1. The maximum Gasteiger partial charge on any atom is 0.261 e. The van der Waals surface area contributed by atoms with Gasteiger partial charge in [-0.05, 0) is 45.4 Å². The van der Waals surface area contributed by atoms with Gasteiger partial charge in [-0.2, -0.15) is 0 Å². The first-order chi connectivity index (χ1) is 9.40. The number of aryl methyl sites for hydroxylation is 1. The maximum atomic E-state index is 11.8. The molecular formula is C13H17Cl2NO4S. The Bertz CT molecular complexity index is 628.